The van der Waals surface area contributed by atoms with Gasteiger partial charge in [0.1, 0.15) is 18.2 Å². The summed E-state index contributed by atoms with van der Waals surface area (Å²) in [6.45, 7) is 3.23. The minimum Gasteiger partial charge on any atom is -0.487 e. The SMILES string of the molecule is CN1CCc2cc3cc(-n4ccc(OCc5ccc(F)cn5)cc4=O)ccc3n2CC1. The second-order valence-electron chi connectivity index (χ2n) is 7.91. The molecule has 0 unspecified atom stereocenters. The van der Waals surface area contributed by atoms with Crippen LogP contribution in [-0.4, -0.2) is 39.2 Å². The molecular weight excluding hydrogens is 395 g/mol. The number of rotatable bonds is 4. The first-order chi connectivity index (χ1) is 15.1. The Morgan fingerprint density at radius 1 is 1.06 bits per heavy atom. The predicted octanol–water partition coefficient (Wildman–Crippen LogP) is 3.39. The number of ether oxygens (including phenoxy) is 1. The molecule has 4 aromatic rings. The molecule has 5 rings (SSSR count). The Bertz CT molecular complexity index is 1290. The molecule has 0 saturated heterocycles. The quantitative estimate of drug-likeness (QED) is 0.510. The highest BCUT2D eigenvalue weighted by Gasteiger charge is 2.15. The zero-order valence-corrected chi connectivity index (χ0v) is 17.3. The third-order valence-corrected chi connectivity index (χ3v) is 5.77. The summed E-state index contributed by atoms with van der Waals surface area (Å²) in [7, 11) is 2.16. The number of aromatic nitrogens is 3. The number of likely N-dealkylation sites (N-methyl/N-ethyl adjacent to an activating group) is 1. The van der Waals surface area contributed by atoms with Crippen molar-refractivity contribution in [3.05, 3.63) is 88.5 Å². The summed E-state index contributed by atoms with van der Waals surface area (Å²) >= 11 is 0. The Kier molecular flexibility index (Phi) is 5.03. The van der Waals surface area contributed by atoms with Crippen molar-refractivity contribution in [2.75, 3.05) is 20.1 Å². The lowest BCUT2D eigenvalue weighted by molar-refractivity contribution is 0.300. The topological polar surface area (TPSA) is 52.3 Å². The van der Waals surface area contributed by atoms with E-state index in [-0.39, 0.29) is 12.2 Å². The molecule has 0 N–H and O–H groups in total. The van der Waals surface area contributed by atoms with Gasteiger partial charge in [-0.25, -0.2) is 4.39 Å². The smallest absolute Gasteiger partial charge is 0.258 e. The molecule has 0 bridgehead atoms. The Morgan fingerprint density at radius 3 is 2.77 bits per heavy atom. The number of hydrogen-bond donors (Lipinski definition) is 0. The van der Waals surface area contributed by atoms with Gasteiger partial charge in [0, 0.05) is 60.6 Å². The van der Waals surface area contributed by atoms with Crippen molar-refractivity contribution in [2.45, 2.75) is 19.6 Å². The van der Waals surface area contributed by atoms with E-state index in [1.807, 2.05) is 6.07 Å². The van der Waals surface area contributed by atoms with Gasteiger partial charge in [-0.1, -0.05) is 0 Å². The molecule has 0 amide bonds. The van der Waals surface area contributed by atoms with Crippen molar-refractivity contribution < 1.29 is 9.13 Å². The largest absolute Gasteiger partial charge is 0.487 e. The van der Waals surface area contributed by atoms with Crippen molar-refractivity contribution in [1.29, 1.82) is 0 Å². The summed E-state index contributed by atoms with van der Waals surface area (Å²) in [5, 5.41) is 1.15. The molecule has 0 fully saturated rings. The van der Waals surface area contributed by atoms with Crippen LogP contribution >= 0.6 is 0 Å². The van der Waals surface area contributed by atoms with E-state index in [1.165, 1.54) is 23.3 Å². The third kappa shape index (κ3) is 3.96. The van der Waals surface area contributed by atoms with E-state index in [0.717, 1.165) is 43.3 Å². The number of hydrogen-bond acceptors (Lipinski definition) is 4. The van der Waals surface area contributed by atoms with Crippen LogP contribution in [0, 0.1) is 5.82 Å². The maximum Gasteiger partial charge on any atom is 0.258 e. The monoisotopic (exact) mass is 418 g/mol. The summed E-state index contributed by atoms with van der Waals surface area (Å²) in [6.07, 6.45) is 3.88. The molecule has 0 saturated carbocycles. The van der Waals surface area contributed by atoms with Gasteiger partial charge in [-0.2, -0.15) is 0 Å². The van der Waals surface area contributed by atoms with Gasteiger partial charge in [0.2, 0.25) is 0 Å². The average molecular weight is 418 g/mol. The summed E-state index contributed by atoms with van der Waals surface area (Å²) in [5.41, 5.74) is 3.78. The van der Waals surface area contributed by atoms with Crippen LogP contribution in [0.2, 0.25) is 0 Å². The molecule has 6 nitrogen and oxygen atoms in total. The Morgan fingerprint density at radius 2 is 1.97 bits per heavy atom. The average Bonchev–Trinajstić information content (AvgIpc) is 3.02. The lowest BCUT2D eigenvalue weighted by Crippen LogP contribution is -2.21. The Labute approximate surface area is 179 Å². The van der Waals surface area contributed by atoms with Crippen LogP contribution in [0.5, 0.6) is 5.75 Å². The van der Waals surface area contributed by atoms with Crippen LogP contribution in [0.3, 0.4) is 0 Å². The number of benzene rings is 1. The molecular formula is C24H23FN4O2. The molecule has 3 aromatic heterocycles. The van der Waals surface area contributed by atoms with Gasteiger partial charge in [-0.15, -0.1) is 0 Å². The molecule has 4 heterocycles. The number of halogens is 1. The lowest BCUT2D eigenvalue weighted by Gasteiger charge is -2.12. The second-order valence-corrected chi connectivity index (χ2v) is 7.91. The first kappa shape index (κ1) is 19.5. The van der Waals surface area contributed by atoms with Crippen LogP contribution in [0.15, 0.2) is 65.7 Å². The molecule has 0 radical (unpaired) electrons. The molecule has 1 aromatic carbocycles. The van der Waals surface area contributed by atoms with Gasteiger partial charge < -0.3 is 14.2 Å². The van der Waals surface area contributed by atoms with Crippen molar-refractivity contribution in [3.8, 4) is 11.4 Å². The molecule has 0 atom stereocenters. The highest BCUT2D eigenvalue weighted by atomic mass is 19.1. The minimum atomic E-state index is -0.393. The lowest BCUT2D eigenvalue weighted by atomic mass is 10.2. The van der Waals surface area contributed by atoms with Crippen LogP contribution < -0.4 is 10.3 Å². The highest BCUT2D eigenvalue weighted by molar-refractivity contribution is 5.83. The zero-order chi connectivity index (χ0) is 21.4. The van der Waals surface area contributed by atoms with E-state index in [2.05, 4.69) is 39.7 Å². The fraction of sp³-hybridized carbons (Fsp3) is 0.250. The molecule has 0 aliphatic carbocycles. The molecule has 1 aliphatic heterocycles. The molecule has 158 valence electrons. The standard InChI is InChI=1S/C24H23FN4O2/c1-27-8-6-21-13-17-12-20(4-5-23(17)28(21)11-10-27)29-9-7-22(14-24(29)30)31-16-19-3-2-18(25)15-26-19/h2-5,7,9,12-15H,6,8,10-11,16H2,1H3. The summed E-state index contributed by atoms with van der Waals surface area (Å²) in [6, 6.07) is 14.5. The molecule has 31 heavy (non-hydrogen) atoms. The molecule has 0 spiro atoms. The van der Waals surface area contributed by atoms with Gasteiger partial charge in [-0.05, 0) is 49.5 Å². The van der Waals surface area contributed by atoms with E-state index >= 15 is 0 Å². The van der Waals surface area contributed by atoms with E-state index in [1.54, 1.807) is 22.9 Å². The maximum atomic E-state index is 13.0. The normalized spacial score (nSPS) is 14.4. The maximum absolute atomic E-state index is 13.0. The number of fused-ring (bicyclic) bond motifs is 3. The van der Waals surface area contributed by atoms with E-state index in [0.29, 0.717) is 11.4 Å². The van der Waals surface area contributed by atoms with Gasteiger partial charge in [-0.3, -0.25) is 14.3 Å². The summed E-state index contributed by atoms with van der Waals surface area (Å²) in [5.74, 6) is 0.0587. The summed E-state index contributed by atoms with van der Waals surface area (Å²) < 4.78 is 22.6. The third-order valence-electron chi connectivity index (χ3n) is 5.77. The van der Waals surface area contributed by atoms with Gasteiger partial charge in [0.25, 0.3) is 5.56 Å². The first-order valence-corrected chi connectivity index (χ1v) is 10.3. The van der Waals surface area contributed by atoms with Crippen LogP contribution in [0.4, 0.5) is 4.39 Å². The van der Waals surface area contributed by atoms with Gasteiger partial charge in [0.15, 0.2) is 0 Å². The zero-order valence-electron chi connectivity index (χ0n) is 17.3. The number of pyridine rings is 2. The number of nitrogens with zero attached hydrogens (tertiary/aromatic N) is 4. The fourth-order valence-electron chi connectivity index (χ4n) is 4.04. The highest BCUT2D eigenvalue weighted by Crippen LogP contribution is 2.25. The van der Waals surface area contributed by atoms with E-state index in [9.17, 15) is 9.18 Å². The van der Waals surface area contributed by atoms with Crippen molar-refractivity contribution >= 4 is 10.9 Å². The second kappa shape index (κ2) is 8.00. The minimum absolute atomic E-state index is 0.168. The van der Waals surface area contributed by atoms with Crippen LogP contribution in [-0.2, 0) is 19.6 Å². The summed E-state index contributed by atoms with van der Waals surface area (Å²) in [4.78, 5) is 19.0. The Balaban J connectivity index is 1.38. The van der Waals surface area contributed by atoms with E-state index in [4.69, 9.17) is 4.74 Å². The predicted molar refractivity (Wildman–Crippen MR) is 117 cm³/mol. The van der Waals surface area contributed by atoms with Gasteiger partial charge >= 0.3 is 0 Å². The fourth-order valence-corrected chi connectivity index (χ4v) is 4.04. The van der Waals surface area contributed by atoms with E-state index < -0.39 is 5.82 Å². The van der Waals surface area contributed by atoms with Crippen molar-refractivity contribution in [3.63, 3.8) is 0 Å². The van der Waals surface area contributed by atoms with Crippen LogP contribution in [0.25, 0.3) is 16.6 Å². The van der Waals surface area contributed by atoms with Gasteiger partial charge in [0.05, 0.1) is 11.9 Å². The van der Waals surface area contributed by atoms with Crippen molar-refractivity contribution in [2.24, 2.45) is 0 Å². The molecule has 7 heteroatoms. The van der Waals surface area contributed by atoms with Crippen LogP contribution in [0.1, 0.15) is 11.4 Å². The van der Waals surface area contributed by atoms with Crippen molar-refractivity contribution in [1.82, 2.24) is 19.0 Å². The molecule has 1 aliphatic rings. The Hall–Kier alpha value is -3.45. The first-order valence-electron chi connectivity index (χ1n) is 10.3.